The predicted molar refractivity (Wildman–Crippen MR) is 222 cm³/mol. The molecule has 58 heavy (non-hydrogen) atoms. The van der Waals surface area contributed by atoms with Gasteiger partial charge in [-0.3, -0.25) is 0 Å². The van der Waals surface area contributed by atoms with Crippen molar-refractivity contribution in [2.75, 3.05) is 46.9 Å². The van der Waals surface area contributed by atoms with Gasteiger partial charge in [0.25, 0.3) is 0 Å². The molecule has 2 saturated carbocycles. The fraction of sp³-hybridized carbons (Fsp3) is 0.535. The van der Waals surface area contributed by atoms with Gasteiger partial charge < -0.3 is 55.4 Å². The lowest BCUT2D eigenvalue weighted by molar-refractivity contribution is 0.0464. The number of hydrogen-bond donors (Lipinski definition) is 6. The van der Waals surface area contributed by atoms with Crippen molar-refractivity contribution >= 4 is 46.0 Å². The molecule has 6 N–H and O–H groups in total. The Bertz CT molecular complexity index is 2020. The molecule has 4 aliphatic rings. The zero-order valence-electron chi connectivity index (χ0n) is 34.0. The summed E-state index contributed by atoms with van der Waals surface area (Å²) in [5, 5.41) is 20.9. The van der Waals surface area contributed by atoms with Crippen LogP contribution in [-0.4, -0.2) is 130 Å². The molecule has 2 aromatic heterocycles. The van der Waals surface area contributed by atoms with Crippen LogP contribution >= 0.6 is 0 Å². The van der Waals surface area contributed by atoms with E-state index in [1.165, 1.54) is 18.1 Å². The lowest BCUT2D eigenvalue weighted by Gasteiger charge is -2.41. The number of likely N-dealkylation sites (tertiary alicyclic amines) is 2. The number of H-pyrrole nitrogens is 2. The predicted octanol–water partition coefficient (Wildman–Crippen LogP) is 5.50. The van der Waals surface area contributed by atoms with Crippen LogP contribution < -0.4 is 16.0 Å². The van der Waals surface area contributed by atoms with E-state index in [0.29, 0.717) is 45.2 Å². The Morgan fingerprint density at radius 2 is 1.43 bits per heavy atom. The maximum atomic E-state index is 13.1. The molecule has 3 atom stereocenters. The molecule has 0 spiro atoms. The molecular weight excluding hydrogens is 739 g/mol. The van der Waals surface area contributed by atoms with E-state index in [0.717, 1.165) is 79.3 Å². The number of ether oxygens (including phenoxy) is 1. The molecule has 7 amide bonds. The van der Waals surface area contributed by atoms with Crippen LogP contribution in [0.25, 0.3) is 21.8 Å². The number of rotatable bonds is 10. The van der Waals surface area contributed by atoms with Gasteiger partial charge in [0.15, 0.2) is 0 Å². The number of para-hydroxylation sites is 1. The Balaban J connectivity index is 0.000000177. The number of nitrogens with zero attached hydrogens (tertiary/aromatic N) is 4. The third kappa shape index (κ3) is 9.63. The lowest BCUT2D eigenvalue weighted by Crippen LogP contribution is -2.57. The van der Waals surface area contributed by atoms with E-state index in [9.17, 15) is 24.3 Å². The number of amides is 7. The average molecular weight is 798 g/mol. The van der Waals surface area contributed by atoms with Crippen molar-refractivity contribution < 1.29 is 29.0 Å². The number of piperidine rings is 2. The quantitative estimate of drug-likeness (QED) is 0.123. The highest BCUT2D eigenvalue weighted by Gasteiger charge is 2.42. The number of nitrogens with one attached hydrogen (secondary N) is 5. The Morgan fingerprint density at radius 3 is 2.07 bits per heavy atom. The summed E-state index contributed by atoms with van der Waals surface area (Å²) >= 11 is 0. The number of aryl methyl sites for hydroxylation is 1. The van der Waals surface area contributed by atoms with Crippen LogP contribution in [0.3, 0.4) is 0 Å². The fourth-order valence-electron chi connectivity index (χ4n) is 8.71. The molecule has 312 valence electrons. The first-order valence-electron chi connectivity index (χ1n) is 20.9. The summed E-state index contributed by atoms with van der Waals surface area (Å²) in [5.41, 5.74) is 5.43. The van der Waals surface area contributed by atoms with Crippen molar-refractivity contribution in [3.05, 3.63) is 71.5 Å². The number of hydrogen-bond acceptors (Lipinski definition) is 6. The van der Waals surface area contributed by atoms with Crippen LogP contribution in [0.5, 0.6) is 0 Å². The van der Waals surface area contributed by atoms with Crippen molar-refractivity contribution in [2.24, 2.45) is 5.92 Å². The summed E-state index contributed by atoms with van der Waals surface area (Å²) in [4.78, 5) is 64.2. The second-order valence-electron chi connectivity index (χ2n) is 16.1. The van der Waals surface area contributed by atoms with Crippen molar-refractivity contribution in [1.82, 2.24) is 45.5 Å². The molecular formula is C43H59N9O6. The molecule has 2 aliphatic heterocycles. The largest absolute Gasteiger partial charge is 0.453 e. The van der Waals surface area contributed by atoms with Crippen LogP contribution in [-0.2, 0) is 24.2 Å². The lowest BCUT2D eigenvalue weighted by atomic mass is 9.94. The highest BCUT2D eigenvalue weighted by Crippen LogP contribution is 2.34. The molecule has 4 heterocycles. The molecule has 0 radical (unpaired) electrons. The molecule has 4 aromatic rings. The Kier molecular flexibility index (Phi) is 12.9. The molecule has 0 bridgehead atoms. The van der Waals surface area contributed by atoms with Gasteiger partial charge in [-0.25, -0.2) is 19.2 Å². The van der Waals surface area contributed by atoms with Crippen LogP contribution in [0, 0.1) is 5.92 Å². The third-order valence-electron chi connectivity index (χ3n) is 11.9. The standard InChI is InChI=1S/C22H31N5O2.C21H28N4O4/c1-3-15-6-4-8-20-19(15)12-16(25-20)13-24-22(29)27(17-9-10-17)18-7-5-11-26(14-18)21(28)23-2;1-29-21(28)24-11-14(13-26)8-18(12-24)25(17-6-7-17)20(27)22-10-16-9-15-4-2-3-5-19(15)23-16/h4,6,8,12,17-18,25H,3,5,7,9-11,13-14H2,1-2H3,(H,23,28)(H,24,29);2-5,9,14,17-18,23,26H,6-8,10-13H2,1H3,(H,22,27)/t18-;14-,18+/m10/s1. The van der Waals surface area contributed by atoms with Gasteiger partial charge in [-0.15, -0.1) is 0 Å². The first-order chi connectivity index (χ1) is 28.2. The second-order valence-corrected chi connectivity index (χ2v) is 16.1. The third-order valence-corrected chi connectivity index (χ3v) is 11.9. The minimum absolute atomic E-state index is 0.0147. The number of methoxy groups -OCH3 is 1. The second kappa shape index (κ2) is 18.4. The monoisotopic (exact) mass is 797 g/mol. The van der Waals surface area contributed by atoms with Gasteiger partial charge in [-0.2, -0.15) is 0 Å². The number of aromatic nitrogens is 2. The molecule has 15 nitrogen and oxygen atoms in total. The van der Waals surface area contributed by atoms with E-state index in [-0.39, 0.29) is 48.7 Å². The number of aliphatic hydroxyl groups excluding tert-OH is 1. The van der Waals surface area contributed by atoms with Crippen LogP contribution in [0.1, 0.15) is 68.8 Å². The molecule has 2 aromatic carbocycles. The maximum Gasteiger partial charge on any atom is 0.409 e. The summed E-state index contributed by atoms with van der Waals surface area (Å²) < 4.78 is 4.86. The maximum absolute atomic E-state index is 13.1. The van der Waals surface area contributed by atoms with Crippen LogP contribution in [0.4, 0.5) is 19.2 Å². The minimum atomic E-state index is -0.414. The first-order valence-corrected chi connectivity index (χ1v) is 20.9. The highest BCUT2D eigenvalue weighted by molar-refractivity contribution is 5.84. The van der Waals surface area contributed by atoms with E-state index in [1.54, 1.807) is 11.9 Å². The number of carbonyl (C=O) groups excluding carboxylic acids is 4. The molecule has 0 unspecified atom stereocenters. The zero-order valence-corrected chi connectivity index (χ0v) is 34.0. The fourth-order valence-corrected chi connectivity index (χ4v) is 8.71. The molecule has 2 aliphatic carbocycles. The topological polar surface area (TPSA) is 178 Å². The number of benzene rings is 2. The molecule has 2 saturated heterocycles. The van der Waals surface area contributed by atoms with Crippen LogP contribution in [0.15, 0.2) is 54.6 Å². The van der Waals surface area contributed by atoms with Gasteiger partial charge in [-0.1, -0.05) is 37.3 Å². The Morgan fingerprint density at radius 1 is 0.793 bits per heavy atom. The summed E-state index contributed by atoms with van der Waals surface area (Å²) in [7, 11) is 3.01. The van der Waals surface area contributed by atoms with Crippen molar-refractivity contribution in [3.8, 4) is 0 Å². The van der Waals surface area contributed by atoms with Gasteiger partial charge in [0.05, 0.1) is 32.3 Å². The SMILES string of the molecule is CCc1cccc2[nH]c(CNC(=O)N(C3CC3)[C@@H]3CCCN(C(=O)NC)C3)cc12.COC(=O)N1C[C@@H](CO)C[C@@H](N(C(=O)NCc2cc3ccccc3[nH]2)C2CC2)C1. The Labute approximate surface area is 339 Å². The smallest absolute Gasteiger partial charge is 0.409 e. The van der Waals surface area contributed by atoms with E-state index in [2.05, 4.69) is 57.1 Å². The van der Waals surface area contributed by atoms with Gasteiger partial charge in [0, 0.05) is 85.6 Å². The molecule has 8 rings (SSSR count). The molecule has 4 fully saturated rings. The first kappa shape index (κ1) is 40.7. The number of urea groups is 3. The number of aromatic amines is 2. The zero-order chi connectivity index (χ0) is 40.8. The van der Waals surface area contributed by atoms with Crippen LogP contribution in [0.2, 0.25) is 0 Å². The number of fused-ring (bicyclic) bond motifs is 2. The number of carbonyl (C=O) groups is 4. The summed E-state index contributed by atoms with van der Waals surface area (Å²) in [6.45, 7) is 5.27. The van der Waals surface area contributed by atoms with E-state index < -0.39 is 6.09 Å². The number of aliphatic hydroxyl groups is 1. The van der Waals surface area contributed by atoms with Gasteiger partial charge in [0.2, 0.25) is 0 Å². The highest BCUT2D eigenvalue weighted by atomic mass is 16.5. The van der Waals surface area contributed by atoms with Crippen molar-refractivity contribution in [1.29, 1.82) is 0 Å². The summed E-state index contributed by atoms with van der Waals surface area (Å²) in [5.74, 6) is -0.0596. The average Bonchev–Trinajstić information content (AvgIpc) is 4.19. The van der Waals surface area contributed by atoms with E-state index in [4.69, 9.17) is 4.74 Å². The normalized spacial score (nSPS) is 20.5. The van der Waals surface area contributed by atoms with Gasteiger partial charge >= 0.3 is 24.2 Å². The molecule has 15 heteroatoms. The van der Waals surface area contributed by atoms with Gasteiger partial charge in [0.1, 0.15) is 0 Å². The Hall–Kier alpha value is -5.44. The van der Waals surface area contributed by atoms with E-state index in [1.807, 2.05) is 45.0 Å². The van der Waals surface area contributed by atoms with Crippen molar-refractivity contribution in [3.63, 3.8) is 0 Å². The minimum Gasteiger partial charge on any atom is -0.453 e. The summed E-state index contributed by atoms with van der Waals surface area (Å²) in [6, 6.07) is 18.7. The summed E-state index contributed by atoms with van der Waals surface area (Å²) in [6.07, 6.45) is 7.17. The van der Waals surface area contributed by atoms with Crippen molar-refractivity contribution in [2.45, 2.75) is 95.5 Å². The van der Waals surface area contributed by atoms with E-state index >= 15 is 0 Å². The van der Waals surface area contributed by atoms with Gasteiger partial charge in [-0.05, 0) is 86.6 Å².